The van der Waals surface area contributed by atoms with Gasteiger partial charge in [-0.25, -0.2) is 9.79 Å². The van der Waals surface area contributed by atoms with Crippen LogP contribution in [-0.4, -0.2) is 11.9 Å². The minimum Gasteiger partial charge on any atom is -0.402 e. The zero-order valence-corrected chi connectivity index (χ0v) is 12.0. The van der Waals surface area contributed by atoms with Gasteiger partial charge < -0.3 is 4.74 Å². The smallest absolute Gasteiger partial charge is 0.364 e. The Labute approximate surface area is 123 Å². The number of ether oxygens (including phenoxy) is 1. The number of carbonyl (C=O) groups excluding carboxylic acids is 1. The van der Waals surface area contributed by atoms with Gasteiger partial charge in [-0.3, -0.25) is 0 Å². The second-order valence-electron chi connectivity index (χ2n) is 5.02. The molecule has 0 fully saturated rings. The van der Waals surface area contributed by atoms with E-state index in [1.54, 1.807) is 0 Å². The van der Waals surface area contributed by atoms with Gasteiger partial charge in [-0.05, 0) is 37.1 Å². The quantitative estimate of drug-likeness (QED) is 0.619. The molecule has 3 nitrogen and oxygen atoms in total. The van der Waals surface area contributed by atoms with Crippen LogP contribution in [0.5, 0.6) is 0 Å². The number of rotatable bonds is 2. The average molecular weight is 277 g/mol. The Balaban J connectivity index is 2.04. The first-order valence-corrected chi connectivity index (χ1v) is 6.79. The standard InChI is InChI=1S/C18H15NO2/c1-12-7-6-10-15(11-12)13(2)16-18(20)21-17(19-16)14-8-4-3-5-9-14/h3-11H,1-2H3/b16-13-. The molecule has 3 heteroatoms. The van der Waals surface area contributed by atoms with E-state index < -0.39 is 5.97 Å². The van der Waals surface area contributed by atoms with E-state index in [-0.39, 0.29) is 0 Å². The minimum absolute atomic E-state index is 0.364. The molecule has 0 saturated heterocycles. The Hall–Kier alpha value is -2.68. The van der Waals surface area contributed by atoms with E-state index in [1.807, 2.05) is 68.4 Å². The van der Waals surface area contributed by atoms with Crippen LogP contribution in [0, 0.1) is 6.92 Å². The predicted molar refractivity (Wildman–Crippen MR) is 82.8 cm³/mol. The lowest BCUT2D eigenvalue weighted by Crippen LogP contribution is -2.05. The minimum atomic E-state index is -0.396. The molecule has 0 bridgehead atoms. The Morgan fingerprint density at radius 2 is 1.81 bits per heavy atom. The summed E-state index contributed by atoms with van der Waals surface area (Å²) in [6.45, 7) is 3.91. The lowest BCUT2D eigenvalue weighted by molar-refractivity contribution is -0.129. The molecule has 3 rings (SSSR count). The van der Waals surface area contributed by atoms with Gasteiger partial charge in [-0.2, -0.15) is 0 Å². The molecule has 0 aliphatic carbocycles. The van der Waals surface area contributed by atoms with Crippen LogP contribution in [0.25, 0.3) is 5.57 Å². The maximum Gasteiger partial charge on any atom is 0.364 e. The molecule has 1 aliphatic heterocycles. The first-order valence-electron chi connectivity index (χ1n) is 6.79. The van der Waals surface area contributed by atoms with Crippen LogP contribution >= 0.6 is 0 Å². The van der Waals surface area contributed by atoms with Crippen molar-refractivity contribution in [2.75, 3.05) is 0 Å². The Bertz CT molecular complexity index is 758. The molecule has 21 heavy (non-hydrogen) atoms. The summed E-state index contributed by atoms with van der Waals surface area (Å²) in [6.07, 6.45) is 0. The fraction of sp³-hybridized carbons (Fsp3) is 0.111. The van der Waals surface area contributed by atoms with Crippen LogP contribution in [-0.2, 0) is 9.53 Å². The van der Waals surface area contributed by atoms with Crippen molar-refractivity contribution in [3.8, 4) is 0 Å². The van der Waals surface area contributed by atoms with Crippen LogP contribution < -0.4 is 0 Å². The van der Waals surface area contributed by atoms with Gasteiger partial charge in [-0.1, -0.05) is 48.0 Å². The molecule has 0 N–H and O–H groups in total. The Morgan fingerprint density at radius 3 is 2.52 bits per heavy atom. The zero-order valence-electron chi connectivity index (χ0n) is 12.0. The number of nitrogens with zero attached hydrogens (tertiary/aromatic N) is 1. The first kappa shape index (κ1) is 13.3. The van der Waals surface area contributed by atoms with Crippen LogP contribution in [0.1, 0.15) is 23.6 Å². The molecule has 0 saturated carbocycles. The second kappa shape index (κ2) is 5.37. The maximum atomic E-state index is 12.1. The molecule has 0 spiro atoms. The fourth-order valence-corrected chi connectivity index (χ4v) is 2.26. The van der Waals surface area contributed by atoms with Crippen molar-refractivity contribution in [1.29, 1.82) is 0 Å². The number of esters is 1. The number of aliphatic imine (C=N–C) groups is 1. The maximum absolute atomic E-state index is 12.1. The van der Waals surface area contributed by atoms with Crippen molar-refractivity contribution >= 4 is 17.4 Å². The van der Waals surface area contributed by atoms with Crippen LogP contribution in [0.4, 0.5) is 0 Å². The molecule has 0 amide bonds. The third-order valence-electron chi connectivity index (χ3n) is 3.42. The summed E-state index contributed by atoms with van der Waals surface area (Å²) in [5.74, 6) is -0.0320. The highest BCUT2D eigenvalue weighted by molar-refractivity contribution is 6.14. The van der Waals surface area contributed by atoms with Gasteiger partial charge >= 0.3 is 5.97 Å². The van der Waals surface area contributed by atoms with E-state index in [1.165, 1.54) is 0 Å². The topological polar surface area (TPSA) is 38.7 Å². The lowest BCUT2D eigenvalue weighted by Gasteiger charge is -2.03. The number of carbonyl (C=O) groups is 1. The zero-order chi connectivity index (χ0) is 14.8. The SMILES string of the molecule is C/C(=C1/N=C(c2ccccc2)OC1=O)c1cccc(C)c1. The van der Waals surface area contributed by atoms with E-state index in [0.717, 1.165) is 22.3 Å². The highest BCUT2D eigenvalue weighted by Crippen LogP contribution is 2.25. The second-order valence-corrected chi connectivity index (χ2v) is 5.02. The lowest BCUT2D eigenvalue weighted by atomic mass is 10.0. The molecule has 104 valence electrons. The van der Waals surface area contributed by atoms with Gasteiger partial charge in [0.25, 0.3) is 0 Å². The molecule has 1 aliphatic rings. The van der Waals surface area contributed by atoms with E-state index in [2.05, 4.69) is 4.99 Å². The molecular formula is C18H15NO2. The normalized spacial score (nSPS) is 16.5. The van der Waals surface area contributed by atoms with Crippen molar-refractivity contribution in [3.63, 3.8) is 0 Å². The highest BCUT2D eigenvalue weighted by Gasteiger charge is 2.26. The third-order valence-corrected chi connectivity index (χ3v) is 3.42. The first-order chi connectivity index (χ1) is 10.1. The molecule has 0 radical (unpaired) electrons. The van der Waals surface area contributed by atoms with Crippen LogP contribution in [0.3, 0.4) is 0 Å². The van der Waals surface area contributed by atoms with Gasteiger partial charge in [0.2, 0.25) is 5.90 Å². The molecule has 1 heterocycles. The number of benzene rings is 2. The average Bonchev–Trinajstić information content (AvgIpc) is 2.89. The molecule has 0 aromatic heterocycles. The monoisotopic (exact) mass is 277 g/mol. The summed E-state index contributed by atoms with van der Waals surface area (Å²) in [7, 11) is 0. The summed E-state index contributed by atoms with van der Waals surface area (Å²) < 4.78 is 5.29. The third kappa shape index (κ3) is 2.63. The molecule has 0 unspecified atom stereocenters. The van der Waals surface area contributed by atoms with Crippen molar-refractivity contribution in [2.45, 2.75) is 13.8 Å². The van der Waals surface area contributed by atoms with E-state index in [4.69, 9.17) is 4.74 Å². The van der Waals surface area contributed by atoms with Crippen LogP contribution in [0.2, 0.25) is 0 Å². The largest absolute Gasteiger partial charge is 0.402 e. The highest BCUT2D eigenvalue weighted by atomic mass is 16.6. The summed E-state index contributed by atoms with van der Waals surface area (Å²) in [5, 5.41) is 0. The number of allylic oxidation sites excluding steroid dienone is 1. The fourth-order valence-electron chi connectivity index (χ4n) is 2.26. The van der Waals surface area contributed by atoms with Crippen molar-refractivity contribution in [1.82, 2.24) is 0 Å². The number of aryl methyl sites for hydroxylation is 1. The van der Waals surface area contributed by atoms with Gasteiger partial charge in [0.1, 0.15) is 0 Å². The summed E-state index contributed by atoms with van der Waals surface area (Å²) in [4.78, 5) is 16.4. The van der Waals surface area contributed by atoms with Crippen LogP contribution in [0.15, 0.2) is 65.3 Å². The van der Waals surface area contributed by atoms with Gasteiger partial charge in [-0.15, -0.1) is 0 Å². The molecule has 2 aromatic carbocycles. The number of hydrogen-bond acceptors (Lipinski definition) is 3. The molecule has 2 aromatic rings. The van der Waals surface area contributed by atoms with Crippen molar-refractivity contribution < 1.29 is 9.53 Å². The number of cyclic esters (lactones) is 1. The van der Waals surface area contributed by atoms with E-state index in [9.17, 15) is 4.79 Å². The van der Waals surface area contributed by atoms with E-state index in [0.29, 0.717) is 11.6 Å². The van der Waals surface area contributed by atoms with Gasteiger partial charge in [0.05, 0.1) is 0 Å². The van der Waals surface area contributed by atoms with E-state index >= 15 is 0 Å². The Kier molecular flexibility index (Phi) is 3.40. The summed E-state index contributed by atoms with van der Waals surface area (Å²) >= 11 is 0. The number of hydrogen-bond donors (Lipinski definition) is 0. The molecule has 0 atom stereocenters. The van der Waals surface area contributed by atoms with Crippen molar-refractivity contribution in [3.05, 3.63) is 77.0 Å². The molecular weight excluding hydrogens is 262 g/mol. The summed E-state index contributed by atoms with van der Waals surface area (Å²) in [6, 6.07) is 17.4. The summed E-state index contributed by atoms with van der Waals surface area (Å²) in [5.41, 5.74) is 4.14. The van der Waals surface area contributed by atoms with Gasteiger partial charge in [0.15, 0.2) is 5.70 Å². The Morgan fingerprint density at radius 1 is 1.05 bits per heavy atom. The van der Waals surface area contributed by atoms with Gasteiger partial charge in [0, 0.05) is 5.56 Å². The predicted octanol–water partition coefficient (Wildman–Crippen LogP) is 3.73. The van der Waals surface area contributed by atoms with Crippen molar-refractivity contribution in [2.24, 2.45) is 4.99 Å².